The van der Waals surface area contributed by atoms with Crippen molar-refractivity contribution in [1.82, 2.24) is 15.1 Å². The average molecular weight is 383 g/mol. The van der Waals surface area contributed by atoms with E-state index < -0.39 is 0 Å². The van der Waals surface area contributed by atoms with Crippen LogP contribution in [-0.4, -0.2) is 16.3 Å². The van der Waals surface area contributed by atoms with Gasteiger partial charge in [0.2, 0.25) is 0 Å². The first kappa shape index (κ1) is 15.5. The van der Waals surface area contributed by atoms with Crippen molar-refractivity contribution in [2.45, 2.75) is 33.2 Å². The Bertz CT molecular complexity index is 572. The molecule has 0 saturated carbocycles. The Morgan fingerprint density at radius 1 is 1.25 bits per heavy atom. The molecule has 2 aromatic rings. The first-order chi connectivity index (χ1) is 9.52. The molecule has 1 heterocycles. The van der Waals surface area contributed by atoms with Gasteiger partial charge in [0.25, 0.3) is 0 Å². The summed E-state index contributed by atoms with van der Waals surface area (Å²) in [6, 6.07) is 9.10. The van der Waals surface area contributed by atoms with Crippen LogP contribution >= 0.6 is 22.6 Å². The molecule has 0 saturated heterocycles. The van der Waals surface area contributed by atoms with E-state index in [1.807, 2.05) is 11.7 Å². The molecule has 1 N–H and O–H groups in total. The molecule has 0 spiro atoms. The minimum Gasteiger partial charge on any atom is -0.310 e. The molecular weight excluding hydrogens is 361 g/mol. The van der Waals surface area contributed by atoms with Gasteiger partial charge >= 0.3 is 0 Å². The van der Waals surface area contributed by atoms with Crippen molar-refractivity contribution >= 4 is 22.6 Å². The van der Waals surface area contributed by atoms with Gasteiger partial charge in [-0.05, 0) is 67.1 Å². The fourth-order valence-electron chi connectivity index (χ4n) is 2.67. The Kier molecular flexibility index (Phi) is 5.21. The molecule has 0 aliphatic carbocycles. The zero-order valence-electron chi connectivity index (χ0n) is 12.6. The Hall–Kier alpha value is -0.880. The van der Waals surface area contributed by atoms with Crippen LogP contribution in [0, 0.1) is 17.4 Å². The van der Waals surface area contributed by atoms with E-state index in [0.29, 0.717) is 6.04 Å². The summed E-state index contributed by atoms with van der Waals surface area (Å²) >= 11 is 2.34. The third-order valence-corrected chi connectivity index (χ3v) is 4.44. The molecule has 20 heavy (non-hydrogen) atoms. The largest absolute Gasteiger partial charge is 0.310 e. The van der Waals surface area contributed by atoms with Gasteiger partial charge in [-0.15, -0.1) is 0 Å². The van der Waals surface area contributed by atoms with Crippen LogP contribution in [0.3, 0.4) is 0 Å². The summed E-state index contributed by atoms with van der Waals surface area (Å²) in [7, 11) is 2.01. The zero-order chi connectivity index (χ0) is 14.7. The highest BCUT2D eigenvalue weighted by Gasteiger charge is 2.19. The molecule has 2 rings (SSSR count). The van der Waals surface area contributed by atoms with Gasteiger partial charge in [-0.3, -0.25) is 4.68 Å². The smallest absolute Gasteiger partial charge is 0.0644 e. The van der Waals surface area contributed by atoms with Crippen LogP contribution in [0.4, 0.5) is 0 Å². The van der Waals surface area contributed by atoms with Crippen LogP contribution in [0.5, 0.6) is 0 Å². The second-order valence-corrected chi connectivity index (χ2v) is 6.39. The van der Waals surface area contributed by atoms with Crippen molar-refractivity contribution in [2.24, 2.45) is 7.05 Å². The van der Waals surface area contributed by atoms with E-state index in [1.54, 1.807) is 0 Å². The van der Waals surface area contributed by atoms with E-state index in [0.717, 1.165) is 18.7 Å². The molecule has 0 aliphatic heterocycles. The number of hydrogen-bond acceptors (Lipinski definition) is 2. The molecule has 108 valence electrons. The third-order valence-electron chi connectivity index (χ3n) is 3.72. The van der Waals surface area contributed by atoms with Crippen LogP contribution in [0.25, 0.3) is 0 Å². The van der Waals surface area contributed by atoms with Gasteiger partial charge in [0.15, 0.2) is 0 Å². The molecule has 1 atom stereocenters. The van der Waals surface area contributed by atoms with Crippen LogP contribution in [0.1, 0.15) is 35.5 Å². The zero-order valence-corrected chi connectivity index (χ0v) is 14.7. The lowest BCUT2D eigenvalue weighted by Gasteiger charge is -2.19. The van der Waals surface area contributed by atoms with E-state index in [2.05, 4.69) is 78.0 Å². The number of likely N-dealkylation sites (N-methyl/N-ethyl adjacent to an activating group) is 1. The van der Waals surface area contributed by atoms with Crippen LogP contribution in [0.15, 0.2) is 24.3 Å². The van der Waals surface area contributed by atoms with E-state index >= 15 is 0 Å². The highest BCUT2D eigenvalue weighted by molar-refractivity contribution is 14.1. The molecule has 0 amide bonds. The quantitative estimate of drug-likeness (QED) is 0.801. The SMILES string of the molecule is CCNC(Cc1ccc(I)cc1)c1c(C)nn(C)c1C. The Morgan fingerprint density at radius 2 is 1.90 bits per heavy atom. The van der Waals surface area contributed by atoms with Crippen molar-refractivity contribution in [2.75, 3.05) is 6.54 Å². The molecule has 1 unspecified atom stereocenters. The predicted octanol–water partition coefficient (Wildman–Crippen LogP) is 3.53. The predicted molar refractivity (Wildman–Crippen MR) is 92.0 cm³/mol. The van der Waals surface area contributed by atoms with Crippen LogP contribution < -0.4 is 5.32 Å². The number of aromatic nitrogens is 2. The fraction of sp³-hybridized carbons (Fsp3) is 0.438. The average Bonchev–Trinajstić information content (AvgIpc) is 2.66. The molecule has 4 heteroatoms. The maximum Gasteiger partial charge on any atom is 0.0644 e. The normalized spacial score (nSPS) is 12.7. The van der Waals surface area contributed by atoms with E-state index in [9.17, 15) is 0 Å². The molecule has 0 bridgehead atoms. The number of halogens is 1. The van der Waals surface area contributed by atoms with Crippen molar-refractivity contribution in [1.29, 1.82) is 0 Å². The number of aryl methyl sites for hydroxylation is 2. The first-order valence-corrected chi connectivity index (χ1v) is 8.08. The first-order valence-electron chi connectivity index (χ1n) is 7.00. The maximum atomic E-state index is 4.54. The molecule has 1 aromatic carbocycles. The van der Waals surface area contributed by atoms with Crippen molar-refractivity contribution in [3.05, 3.63) is 50.4 Å². The minimum atomic E-state index is 0.328. The summed E-state index contributed by atoms with van der Waals surface area (Å²) in [5, 5.41) is 8.15. The molecule has 0 radical (unpaired) electrons. The highest BCUT2D eigenvalue weighted by atomic mass is 127. The number of nitrogens with one attached hydrogen (secondary N) is 1. The highest BCUT2D eigenvalue weighted by Crippen LogP contribution is 2.25. The van der Waals surface area contributed by atoms with Crippen molar-refractivity contribution in [3.8, 4) is 0 Å². The Labute approximate surface area is 134 Å². The minimum absolute atomic E-state index is 0.328. The lowest BCUT2D eigenvalue weighted by Crippen LogP contribution is -2.24. The van der Waals surface area contributed by atoms with Crippen LogP contribution in [-0.2, 0) is 13.5 Å². The summed E-state index contributed by atoms with van der Waals surface area (Å²) in [5.74, 6) is 0. The van der Waals surface area contributed by atoms with Gasteiger partial charge in [-0.2, -0.15) is 5.10 Å². The van der Waals surface area contributed by atoms with E-state index in [1.165, 1.54) is 20.4 Å². The third kappa shape index (κ3) is 3.41. The van der Waals surface area contributed by atoms with Crippen molar-refractivity contribution in [3.63, 3.8) is 0 Å². The Balaban J connectivity index is 2.29. The van der Waals surface area contributed by atoms with E-state index in [4.69, 9.17) is 0 Å². The lowest BCUT2D eigenvalue weighted by atomic mass is 9.97. The summed E-state index contributed by atoms with van der Waals surface area (Å²) in [4.78, 5) is 0. The van der Waals surface area contributed by atoms with Gasteiger partial charge in [-0.25, -0.2) is 0 Å². The van der Waals surface area contributed by atoms with Gasteiger partial charge in [0, 0.05) is 27.9 Å². The summed E-state index contributed by atoms with van der Waals surface area (Å²) in [6.45, 7) is 7.36. The summed E-state index contributed by atoms with van der Waals surface area (Å²) < 4.78 is 3.25. The van der Waals surface area contributed by atoms with Crippen LogP contribution in [0.2, 0.25) is 0 Å². The van der Waals surface area contributed by atoms with Crippen molar-refractivity contribution < 1.29 is 0 Å². The molecule has 0 fully saturated rings. The Morgan fingerprint density at radius 3 is 2.40 bits per heavy atom. The number of nitrogens with zero attached hydrogens (tertiary/aromatic N) is 2. The van der Waals surface area contributed by atoms with E-state index in [-0.39, 0.29) is 0 Å². The number of benzene rings is 1. The maximum absolute atomic E-state index is 4.54. The number of hydrogen-bond donors (Lipinski definition) is 1. The topological polar surface area (TPSA) is 29.9 Å². The van der Waals surface area contributed by atoms with Gasteiger partial charge < -0.3 is 5.32 Å². The molecule has 3 nitrogen and oxygen atoms in total. The number of rotatable bonds is 5. The molecule has 1 aromatic heterocycles. The summed E-state index contributed by atoms with van der Waals surface area (Å²) in [5.41, 5.74) is 5.08. The monoisotopic (exact) mass is 383 g/mol. The second-order valence-electron chi connectivity index (χ2n) is 5.15. The molecular formula is C16H22IN3. The van der Waals surface area contributed by atoms with Gasteiger partial charge in [0.1, 0.15) is 0 Å². The van der Waals surface area contributed by atoms with Gasteiger partial charge in [0.05, 0.1) is 5.69 Å². The standard InChI is InChI=1S/C16H22IN3/c1-5-18-15(10-13-6-8-14(17)9-7-13)16-11(2)19-20(4)12(16)3/h6-9,15,18H,5,10H2,1-4H3. The second kappa shape index (κ2) is 6.72. The van der Waals surface area contributed by atoms with Gasteiger partial charge in [-0.1, -0.05) is 19.1 Å². The summed E-state index contributed by atoms with van der Waals surface area (Å²) in [6.07, 6.45) is 0.998. The fourth-order valence-corrected chi connectivity index (χ4v) is 3.03. The lowest BCUT2D eigenvalue weighted by molar-refractivity contribution is 0.544. The molecule has 0 aliphatic rings.